The fraction of sp³-hybridized carbons (Fsp3) is 0.263. The minimum Gasteiger partial charge on any atom is -0.421 e. The molecule has 10 heteroatoms. The monoisotopic (exact) mass is 416 g/mol. The number of amides is 2. The predicted octanol–water partition coefficient (Wildman–Crippen LogP) is 3.59. The number of carbonyl (C=O) groups excluding carboxylic acids is 1. The molecular formula is C19H18ClFN6O2. The number of pyridine rings is 1. The molecule has 4 rings (SSSR count). The summed E-state index contributed by atoms with van der Waals surface area (Å²) in [5, 5.41) is 10.7. The third-order valence-electron chi connectivity index (χ3n) is 4.58. The van der Waals surface area contributed by atoms with Gasteiger partial charge in [0, 0.05) is 45.0 Å². The zero-order valence-corrected chi connectivity index (χ0v) is 16.4. The van der Waals surface area contributed by atoms with E-state index >= 15 is 0 Å². The lowest BCUT2D eigenvalue weighted by Crippen LogP contribution is -2.50. The SMILES string of the molecule is Cc1nnc(-c2cccnc2N2CCN(C(=O)Nc3ccc(F)c(Cl)c3)CC2)o1. The maximum atomic E-state index is 13.3. The minimum atomic E-state index is -0.527. The van der Waals surface area contributed by atoms with Gasteiger partial charge in [0.05, 0.1) is 10.6 Å². The molecule has 0 aliphatic carbocycles. The van der Waals surface area contributed by atoms with Gasteiger partial charge in [0.25, 0.3) is 5.89 Å². The van der Waals surface area contributed by atoms with Crippen LogP contribution in [0.2, 0.25) is 5.02 Å². The van der Waals surface area contributed by atoms with Crippen molar-refractivity contribution in [2.75, 3.05) is 36.4 Å². The molecule has 1 aliphatic heterocycles. The summed E-state index contributed by atoms with van der Waals surface area (Å²) < 4.78 is 18.8. The molecular weight excluding hydrogens is 399 g/mol. The average molecular weight is 417 g/mol. The van der Waals surface area contributed by atoms with E-state index in [2.05, 4.69) is 25.4 Å². The number of hydrogen-bond acceptors (Lipinski definition) is 6. The van der Waals surface area contributed by atoms with Gasteiger partial charge in [0.15, 0.2) is 0 Å². The van der Waals surface area contributed by atoms with E-state index in [0.29, 0.717) is 43.6 Å². The first-order chi connectivity index (χ1) is 14.0. The number of aryl methyl sites for hydroxylation is 1. The molecule has 0 saturated carbocycles. The molecule has 3 heterocycles. The van der Waals surface area contributed by atoms with E-state index < -0.39 is 5.82 Å². The molecule has 2 aromatic heterocycles. The van der Waals surface area contributed by atoms with Crippen molar-refractivity contribution >= 4 is 29.1 Å². The summed E-state index contributed by atoms with van der Waals surface area (Å²) in [6, 6.07) is 7.51. The number of hydrogen-bond donors (Lipinski definition) is 1. The number of nitrogens with one attached hydrogen (secondary N) is 1. The van der Waals surface area contributed by atoms with Crippen LogP contribution in [0.15, 0.2) is 40.9 Å². The van der Waals surface area contributed by atoms with Crippen LogP contribution in [0.3, 0.4) is 0 Å². The normalized spacial score (nSPS) is 14.2. The van der Waals surface area contributed by atoms with Crippen LogP contribution in [0.5, 0.6) is 0 Å². The third kappa shape index (κ3) is 4.14. The summed E-state index contributed by atoms with van der Waals surface area (Å²) in [5.74, 6) is 1.11. The molecule has 0 atom stereocenters. The van der Waals surface area contributed by atoms with Crippen LogP contribution in [0.1, 0.15) is 5.89 Å². The summed E-state index contributed by atoms with van der Waals surface area (Å²) in [5.41, 5.74) is 1.20. The second kappa shape index (κ2) is 8.04. The number of halogens is 2. The van der Waals surface area contributed by atoms with Gasteiger partial charge in [-0.05, 0) is 30.3 Å². The zero-order valence-electron chi connectivity index (χ0n) is 15.6. The van der Waals surface area contributed by atoms with Gasteiger partial charge in [-0.1, -0.05) is 11.6 Å². The van der Waals surface area contributed by atoms with Crippen molar-refractivity contribution in [3.63, 3.8) is 0 Å². The number of anilines is 2. The molecule has 1 N–H and O–H groups in total. The van der Waals surface area contributed by atoms with Crippen molar-refractivity contribution in [1.29, 1.82) is 0 Å². The predicted molar refractivity (Wildman–Crippen MR) is 106 cm³/mol. The van der Waals surface area contributed by atoms with E-state index in [1.54, 1.807) is 18.0 Å². The lowest BCUT2D eigenvalue weighted by atomic mass is 10.2. The number of benzene rings is 1. The molecule has 0 spiro atoms. The third-order valence-corrected chi connectivity index (χ3v) is 4.87. The molecule has 0 bridgehead atoms. The molecule has 29 heavy (non-hydrogen) atoms. The minimum absolute atomic E-state index is 0.0356. The Bertz CT molecular complexity index is 1040. The number of aromatic nitrogens is 3. The van der Waals surface area contributed by atoms with Crippen molar-refractivity contribution in [1.82, 2.24) is 20.1 Å². The van der Waals surface area contributed by atoms with Gasteiger partial charge >= 0.3 is 6.03 Å². The van der Waals surface area contributed by atoms with Gasteiger partial charge in [0.1, 0.15) is 11.6 Å². The fourth-order valence-corrected chi connectivity index (χ4v) is 3.30. The molecule has 150 valence electrons. The molecule has 0 unspecified atom stereocenters. The number of piperazine rings is 1. The van der Waals surface area contributed by atoms with E-state index in [0.717, 1.165) is 11.4 Å². The van der Waals surface area contributed by atoms with E-state index in [1.807, 2.05) is 12.1 Å². The Kier molecular flexibility index (Phi) is 5.30. The van der Waals surface area contributed by atoms with Crippen LogP contribution in [-0.2, 0) is 0 Å². The second-order valence-corrected chi connectivity index (χ2v) is 6.94. The van der Waals surface area contributed by atoms with Crippen molar-refractivity contribution in [2.24, 2.45) is 0 Å². The van der Waals surface area contributed by atoms with Gasteiger partial charge in [-0.2, -0.15) is 0 Å². The summed E-state index contributed by atoms with van der Waals surface area (Å²) >= 11 is 5.77. The molecule has 1 aliphatic rings. The Morgan fingerprint density at radius 3 is 2.69 bits per heavy atom. The van der Waals surface area contributed by atoms with Crippen LogP contribution < -0.4 is 10.2 Å². The maximum absolute atomic E-state index is 13.3. The molecule has 1 fully saturated rings. The Balaban J connectivity index is 1.42. The van der Waals surface area contributed by atoms with Crippen LogP contribution in [0, 0.1) is 12.7 Å². The quantitative estimate of drug-likeness (QED) is 0.702. The molecule has 1 aromatic carbocycles. The standard InChI is InChI=1S/C19H18ClFN6O2/c1-12-24-25-18(29-12)14-3-2-6-22-17(14)26-7-9-27(10-8-26)19(28)23-13-4-5-16(21)15(20)11-13/h2-6,11H,7-10H2,1H3,(H,23,28). The fourth-order valence-electron chi connectivity index (χ4n) is 3.12. The largest absolute Gasteiger partial charge is 0.421 e. The Morgan fingerprint density at radius 1 is 1.21 bits per heavy atom. The highest BCUT2D eigenvalue weighted by Gasteiger charge is 2.25. The number of carbonyl (C=O) groups is 1. The topological polar surface area (TPSA) is 87.4 Å². The van der Waals surface area contributed by atoms with Crippen LogP contribution >= 0.6 is 11.6 Å². The highest BCUT2D eigenvalue weighted by atomic mass is 35.5. The van der Waals surface area contributed by atoms with E-state index in [1.165, 1.54) is 18.2 Å². The van der Waals surface area contributed by atoms with Crippen molar-refractivity contribution in [3.05, 3.63) is 53.3 Å². The number of rotatable bonds is 3. The van der Waals surface area contributed by atoms with Gasteiger partial charge in [0.2, 0.25) is 5.89 Å². The van der Waals surface area contributed by atoms with Gasteiger partial charge in [-0.25, -0.2) is 14.2 Å². The average Bonchev–Trinajstić information content (AvgIpc) is 3.17. The second-order valence-electron chi connectivity index (χ2n) is 6.53. The zero-order chi connectivity index (χ0) is 20.4. The summed E-state index contributed by atoms with van der Waals surface area (Å²) in [6.45, 7) is 3.92. The van der Waals surface area contributed by atoms with Crippen molar-refractivity contribution < 1.29 is 13.6 Å². The lowest BCUT2D eigenvalue weighted by Gasteiger charge is -2.35. The van der Waals surface area contributed by atoms with Gasteiger partial charge in [-0.3, -0.25) is 0 Å². The van der Waals surface area contributed by atoms with Crippen LogP contribution in [0.25, 0.3) is 11.5 Å². The molecule has 1 saturated heterocycles. The highest BCUT2D eigenvalue weighted by molar-refractivity contribution is 6.31. The van der Waals surface area contributed by atoms with Crippen molar-refractivity contribution in [2.45, 2.75) is 6.92 Å². The summed E-state index contributed by atoms with van der Waals surface area (Å²) in [7, 11) is 0. The summed E-state index contributed by atoms with van der Waals surface area (Å²) in [6.07, 6.45) is 1.71. The molecule has 3 aromatic rings. The highest BCUT2D eigenvalue weighted by Crippen LogP contribution is 2.28. The molecule has 2 amide bonds. The van der Waals surface area contributed by atoms with E-state index in [9.17, 15) is 9.18 Å². The smallest absolute Gasteiger partial charge is 0.321 e. The number of nitrogens with zero attached hydrogens (tertiary/aromatic N) is 5. The molecule has 8 nitrogen and oxygen atoms in total. The first-order valence-electron chi connectivity index (χ1n) is 9.02. The van der Waals surface area contributed by atoms with Gasteiger partial charge in [-0.15, -0.1) is 10.2 Å². The van der Waals surface area contributed by atoms with Crippen LogP contribution in [-0.4, -0.2) is 52.3 Å². The first kappa shape index (κ1) is 19.1. The maximum Gasteiger partial charge on any atom is 0.321 e. The Labute approximate surface area is 171 Å². The lowest BCUT2D eigenvalue weighted by molar-refractivity contribution is 0.208. The van der Waals surface area contributed by atoms with Crippen LogP contribution in [0.4, 0.5) is 20.7 Å². The Morgan fingerprint density at radius 2 is 2.00 bits per heavy atom. The summed E-state index contributed by atoms with van der Waals surface area (Å²) in [4.78, 5) is 20.7. The van der Waals surface area contributed by atoms with E-state index in [4.69, 9.17) is 16.0 Å². The first-order valence-corrected chi connectivity index (χ1v) is 9.40. The van der Waals surface area contributed by atoms with E-state index in [-0.39, 0.29) is 11.1 Å². The number of urea groups is 1. The van der Waals surface area contributed by atoms with Crippen molar-refractivity contribution in [3.8, 4) is 11.5 Å². The Hall–Kier alpha value is -3.20. The molecule has 0 radical (unpaired) electrons. The van der Waals surface area contributed by atoms with Gasteiger partial charge < -0.3 is 19.5 Å².